The van der Waals surface area contributed by atoms with Gasteiger partial charge in [0.25, 0.3) is 11.8 Å². The Hall–Kier alpha value is -4.63. The quantitative estimate of drug-likeness (QED) is 0.263. The predicted octanol–water partition coefficient (Wildman–Crippen LogP) is 2.79. The van der Waals surface area contributed by atoms with Gasteiger partial charge in [0.15, 0.2) is 5.82 Å². The normalized spacial score (nSPS) is 21.2. The monoisotopic (exact) mass is 637 g/mol. The highest BCUT2D eigenvalue weighted by Gasteiger charge is 2.54. The van der Waals surface area contributed by atoms with Crippen molar-refractivity contribution in [1.82, 2.24) is 41.5 Å². The summed E-state index contributed by atoms with van der Waals surface area (Å²) < 4.78 is 0. The van der Waals surface area contributed by atoms with Crippen LogP contribution in [0.5, 0.6) is 0 Å². The summed E-state index contributed by atoms with van der Waals surface area (Å²) in [6.45, 7) is 9.85. The number of carbonyl (C=O) groups excluding carboxylic acids is 3. The van der Waals surface area contributed by atoms with Crippen LogP contribution >= 0.6 is 0 Å². The molecule has 1 aromatic heterocycles. The third-order valence-electron chi connectivity index (χ3n) is 9.64. The minimum atomic E-state index is -0.922. The van der Waals surface area contributed by atoms with Crippen molar-refractivity contribution < 1.29 is 14.4 Å². The van der Waals surface area contributed by atoms with Gasteiger partial charge in [0.2, 0.25) is 5.91 Å². The molecule has 1 saturated carbocycles. The van der Waals surface area contributed by atoms with E-state index < -0.39 is 5.41 Å². The van der Waals surface area contributed by atoms with Crippen LogP contribution in [0.2, 0.25) is 0 Å². The minimum absolute atomic E-state index is 0.0103. The number of rotatable bonds is 10. The number of benzene rings is 2. The molecule has 1 saturated heterocycles. The fourth-order valence-electron chi connectivity index (χ4n) is 7.53. The summed E-state index contributed by atoms with van der Waals surface area (Å²) in [4.78, 5) is 41.3. The number of fused-ring (bicyclic) bond motifs is 3. The Morgan fingerprint density at radius 3 is 2.06 bits per heavy atom. The van der Waals surface area contributed by atoms with Gasteiger partial charge in [-0.05, 0) is 119 Å². The Kier molecular flexibility index (Phi) is 8.85. The number of likely N-dealkylation sites (tertiary alicyclic amines) is 1. The maximum atomic E-state index is 13.4. The average molecular weight is 638 g/mol. The van der Waals surface area contributed by atoms with Crippen molar-refractivity contribution in [3.8, 4) is 6.07 Å². The fourth-order valence-corrected chi connectivity index (χ4v) is 7.53. The Morgan fingerprint density at radius 2 is 1.55 bits per heavy atom. The third-order valence-corrected chi connectivity index (χ3v) is 9.64. The molecule has 0 spiro atoms. The molecule has 4 N–H and O–H groups in total. The summed E-state index contributed by atoms with van der Waals surface area (Å²) in [6, 6.07) is 13.4. The maximum absolute atomic E-state index is 13.4. The second-order valence-corrected chi connectivity index (χ2v) is 13.9. The van der Waals surface area contributed by atoms with Crippen molar-refractivity contribution >= 4 is 17.7 Å². The molecule has 246 valence electrons. The minimum Gasteiger partial charge on any atom is -0.350 e. The highest BCUT2D eigenvalue weighted by Crippen LogP contribution is 2.48. The average Bonchev–Trinajstić information content (AvgIpc) is 3.41. The van der Waals surface area contributed by atoms with Gasteiger partial charge >= 0.3 is 0 Å². The van der Waals surface area contributed by atoms with E-state index in [2.05, 4.69) is 42.6 Å². The standard InChI is InChI=1S/C35H43N9O3/c1-19(2)38-32(46)24-8-10-28-22(12-24)6-7-23-13-25(33(47)39-20(3)4)9-11-29(23)35(28,34-40-42-43-41-34)16-21(5)37-18-31(45)44-27(17-36)14-26-15-30(26)44/h8-13,19-21,26-27,30,37H,6-7,14-16,18H2,1-5H3,(H,38,46)(H,39,47)(H,40,41,42,43)/t21-,26+,27-,30-/m0/s1. The molecule has 0 bridgehead atoms. The zero-order chi connectivity index (χ0) is 33.5. The molecule has 6 rings (SSSR count). The van der Waals surface area contributed by atoms with Crippen LogP contribution in [-0.2, 0) is 23.1 Å². The molecule has 2 aromatic carbocycles. The Labute approximate surface area is 275 Å². The van der Waals surface area contributed by atoms with Gasteiger partial charge < -0.3 is 20.9 Å². The summed E-state index contributed by atoms with van der Waals surface area (Å²) >= 11 is 0. The number of tetrazole rings is 1. The van der Waals surface area contributed by atoms with E-state index in [-0.39, 0.29) is 54.5 Å². The number of hydrogen-bond acceptors (Lipinski definition) is 8. The van der Waals surface area contributed by atoms with Gasteiger partial charge in [-0.3, -0.25) is 14.4 Å². The number of aryl methyl sites for hydroxylation is 2. The number of aromatic nitrogens is 4. The van der Waals surface area contributed by atoms with Crippen LogP contribution in [-0.4, -0.2) is 80.0 Å². The number of hydrogen-bond donors (Lipinski definition) is 4. The third kappa shape index (κ3) is 6.24. The molecule has 2 aliphatic carbocycles. The molecule has 12 nitrogen and oxygen atoms in total. The smallest absolute Gasteiger partial charge is 0.251 e. The van der Waals surface area contributed by atoms with Crippen molar-refractivity contribution in [3.05, 3.63) is 75.6 Å². The van der Waals surface area contributed by atoms with Crippen LogP contribution in [0.15, 0.2) is 36.4 Å². The highest BCUT2D eigenvalue weighted by molar-refractivity contribution is 5.95. The van der Waals surface area contributed by atoms with E-state index in [4.69, 9.17) is 0 Å². The Morgan fingerprint density at radius 1 is 0.957 bits per heavy atom. The highest BCUT2D eigenvalue weighted by atomic mass is 16.2. The molecule has 2 fully saturated rings. The van der Waals surface area contributed by atoms with E-state index in [1.165, 1.54) is 0 Å². The van der Waals surface area contributed by atoms with E-state index in [9.17, 15) is 19.6 Å². The lowest BCUT2D eigenvalue weighted by molar-refractivity contribution is -0.131. The molecule has 0 unspecified atom stereocenters. The Balaban J connectivity index is 1.40. The van der Waals surface area contributed by atoms with Crippen LogP contribution in [0.25, 0.3) is 0 Å². The molecule has 3 aromatic rings. The van der Waals surface area contributed by atoms with E-state index in [0.29, 0.717) is 42.1 Å². The maximum Gasteiger partial charge on any atom is 0.251 e. The summed E-state index contributed by atoms with van der Waals surface area (Å²) in [5, 5.41) is 34.8. The number of nitriles is 1. The van der Waals surface area contributed by atoms with E-state index in [0.717, 1.165) is 35.1 Å². The van der Waals surface area contributed by atoms with Crippen molar-refractivity contribution in [2.45, 2.75) is 102 Å². The molecule has 0 radical (unpaired) electrons. The molecule has 12 heteroatoms. The number of nitrogens with zero attached hydrogens (tertiary/aromatic N) is 5. The van der Waals surface area contributed by atoms with Crippen molar-refractivity contribution in [1.29, 1.82) is 5.26 Å². The number of H-pyrrole nitrogens is 1. The lowest BCUT2D eigenvalue weighted by Gasteiger charge is -2.36. The van der Waals surface area contributed by atoms with Gasteiger partial charge in [-0.1, -0.05) is 17.3 Å². The molecular formula is C35H43N9O3. The molecule has 1 aliphatic heterocycles. The topological polar surface area (TPSA) is 169 Å². The number of amides is 3. The van der Waals surface area contributed by atoms with Crippen molar-refractivity contribution in [2.75, 3.05) is 6.54 Å². The van der Waals surface area contributed by atoms with Crippen LogP contribution in [0.1, 0.15) is 103 Å². The van der Waals surface area contributed by atoms with Crippen LogP contribution in [0.3, 0.4) is 0 Å². The van der Waals surface area contributed by atoms with Gasteiger partial charge in [0.1, 0.15) is 6.04 Å². The molecule has 4 atom stereocenters. The SMILES string of the molecule is CC(C)NC(=O)c1ccc2c(c1)CCc1cc(C(=O)NC(C)C)ccc1C2(C[C@H](C)NCC(=O)N1[C@H](C#N)C[C@@H]2C[C@@H]21)c1nn[nH]n1. The fraction of sp³-hybridized carbons (Fsp3) is 0.514. The number of piperidine rings is 1. The second kappa shape index (κ2) is 12.9. The largest absolute Gasteiger partial charge is 0.350 e. The van der Waals surface area contributed by atoms with Gasteiger partial charge in [-0.15, -0.1) is 10.2 Å². The first kappa shape index (κ1) is 32.3. The molecule has 3 aliphatic rings. The first-order valence-corrected chi connectivity index (χ1v) is 16.6. The predicted molar refractivity (Wildman–Crippen MR) is 174 cm³/mol. The van der Waals surface area contributed by atoms with Crippen LogP contribution < -0.4 is 16.0 Å². The molecular weight excluding hydrogens is 594 g/mol. The zero-order valence-corrected chi connectivity index (χ0v) is 27.6. The lowest BCUT2D eigenvalue weighted by Crippen LogP contribution is -2.46. The second-order valence-electron chi connectivity index (χ2n) is 13.9. The number of carbonyl (C=O) groups is 3. The van der Waals surface area contributed by atoms with Crippen molar-refractivity contribution in [2.24, 2.45) is 5.92 Å². The summed E-state index contributed by atoms with van der Waals surface area (Å²) in [7, 11) is 0. The molecule has 2 heterocycles. The lowest BCUT2D eigenvalue weighted by atomic mass is 9.67. The van der Waals surface area contributed by atoms with Crippen molar-refractivity contribution in [3.63, 3.8) is 0 Å². The van der Waals surface area contributed by atoms with Gasteiger partial charge in [-0.2, -0.15) is 10.5 Å². The van der Waals surface area contributed by atoms with E-state index >= 15 is 0 Å². The molecule has 47 heavy (non-hydrogen) atoms. The summed E-state index contributed by atoms with van der Waals surface area (Å²) in [5.74, 6) is 0.551. The van der Waals surface area contributed by atoms with Crippen LogP contribution in [0, 0.1) is 17.2 Å². The summed E-state index contributed by atoms with van der Waals surface area (Å²) in [5.41, 5.74) is 4.06. The first-order valence-electron chi connectivity index (χ1n) is 16.6. The van der Waals surface area contributed by atoms with Crippen LogP contribution in [0.4, 0.5) is 0 Å². The molecule has 3 amide bonds. The zero-order valence-electron chi connectivity index (χ0n) is 27.6. The number of aromatic amines is 1. The van der Waals surface area contributed by atoms with Gasteiger partial charge in [0, 0.05) is 35.3 Å². The van der Waals surface area contributed by atoms with Gasteiger partial charge in [0.05, 0.1) is 18.0 Å². The Bertz CT molecular complexity index is 1640. The number of nitrogens with one attached hydrogen (secondary N) is 4. The van der Waals surface area contributed by atoms with E-state index in [1.807, 2.05) is 71.0 Å². The first-order chi connectivity index (χ1) is 22.5. The van der Waals surface area contributed by atoms with Gasteiger partial charge in [-0.25, -0.2) is 0 Å². The summed E-state index contributed by atoms with van der Waals surface area (Å²) in [6.07, 6.45) is 3.46. The van der Waals surface area contributed by atoms with E-state index in [1.54, 1.807) is 4.90 Å².